The maximum Gasteiger partial charge on any atom is 0.139 e. The molecule has 55 heavy (non-hydrogen) atoms. The van der Waals surface area contributed by atoms with Crippen molar-refractivity contribution in [3.05, 3.63) is 174 Å². The molecular weight excluding hydrogens is 667 g/mol. The van der Waals surface area contributed by atoms with E-state index in [1.54, 1.807) is 0 Å². The van der Waals surface area contributed by atoms with E-state index < -0.39 is 0 Å². The Morgan fingerprint density at radius 2 is 1.04 bits per heavy atom. The summed E-state index contributed by atoms with van der Waals surface area (Å²) in [5, 5.41) is 2.37. The molecule has 1 heterocycles. The third-order valence-electron chi connectivity index (χ3n) is 11.7. The molecule has 0 aliphatic heterocycles. The lowest BCUT2D eigenvalue weighted by Crippen LogP contribution is -2.16. The van der Waals surface area contributed by atoms with Crippen LogP contribution in [0.3, 0.4) is 0 Å². The van der Waals surface area contributed by atoms with Gasteiger partial charge in [0.2, 0.25) is 0 Å². The van der Waals surface area contributed by atoms with Gasteiger partial charge < -0.3 is 9.32 Å². The minimum absolute atomic E-state index is 0.00287. The predicted molar refractivity (Wildman–Crippen MR) is 234 cm³/mol. The number of hydrogen-bond acceptors (Lipinski definition) is 2. The summed E-state index contributed by atoms with van der Waals surface area (Å²) in [6.07, 6.45) is 0. The molecule has 0 saturated carbocycles. The molecular formula is C53H49NO. The van der Waals surface area contributed by atoms with E-state index in [9.17, 15) is 0 Å². The highest BCUT2D eigenvalue weighted by Crippen LogP contribution is 2.56. The van der Waals surface area contributed by atoms with E-state index in [4.69, 9.17) is 4.42 Å². The Kier molecular flexibility index (Phi) is 7.99. The molecule has 272 valence electrons. The van der Waals surface area contributed by atoms with Gasteiger partial charge >= 0.3 is 0 Å². The molecule has 0 amide bonds. The lowest BCUT2D eigenvalue weighted by molar-refractivity contribution is 0.559. The first-order chi connectivity index (χ1) is 26.3. The van der Waals surface area contributed by atoms with Crippen molar-refractivity contribution in [1.29, 1.82) is 0 Å². The maximum atomic E-state index is 6.90. The Labute approximate surface area is 326 Å². The smallest absolute Gasteiger partial charge is 0.139 e. The van der Waals surface area contributed by atoms with E-state index >= 15 is 0 Å². The van der Waals surface area contributed by atoms with Gasteiger partial charge in [0.1, 0.15) is 11.2 Å². The van der Waals surface area contributed by atoms with Gasteiger partial charge in [-0.3, -0.25) is 0 Å². The monoisotopic (exact) mass is 715 g/mol. The van der Waals surface area contributed by atoms with Crippen LogP contribution in [-0.2, 0) is 16.2 Å². The van der Waals surface area contributed by atoms with E-state index in [0.717, 1.165) is 22.5 Å². The van der Waals surface area contributed by atoms with Gasteiger partial charge in [0.05, 0.1) is 5.69 Å². The minimum Gasteiger partial charge on any atom is -0.456 e. The topological polar surface area (TPSA) is 16.4 Å². The normalized spacial score (nSPS) is 13.6. The van der Waals surface area contributed by atoms with Crippen LogP contribution in [-0.4, -0.2) is 0 Å². The zero-order chi connectivity index (χ0) is 38.3. The summed E-state index contributed by atoms with van der Waals surface area (Å²) >= 11 is 0. The van der Waals surface area contributed by atoms with Crippen LogP contribution in [0.15, 0.2) is 156 Å². The summed E-state index contributed by atoms with van der Waals surface area (Å²) in [6, 6.07) is 55.7. The van der Waals surface area contributed by atoms with Crippen molar-refractivity contribution in [2.45, 2.75) is 71.6 Å². The average Bonchev–Trinajstić information content (AvgIpc) is 3.65. The summed E-state index contributed by atoms with van der Waals surface area (Å²) < 4.78 is 6.90. The molecule has 1 aliphatic carbocycles. The predicted octanol–water partition coefficient (Wildman–Crippen LogP) is 15.3. The van der Waals surface area contributed by atoms with Gasteiger partial charge in [0.15, 0.2) is 0 Å². The molecule has 0 spiro atoms. The molecule has 0 atom stereocenters. The van der Waals surface area contributed by atoms with Gasteiger partial charge in [0.25, 0.3) is 0 Å². The fourth-order valence-corrected chi connectivity index (χ4v) is 8.61. The van der Waals surface area contributed by atoms with Crippen LogP contribution in [0.2, 0.25) is 0 Å². The van der Waals surface area contributed by atoms with Crippen LogP contribution in [0.25, 0.3) is 55.3 Å². The van der Waals surface area contributed by atoms with Crippen LogP contribution < -0.4 is 4.90 Å². The number of hydrogen-bond donors (Lipinski definition) is 0. The van der Waals surface area contributed by atoms with Crippen molar-refractivity contribution in [1.82, 2.24) is 0 Å². The quantitative estimate of drug-likeness (QED) is 0.176. The van der Waals surface area contributed by atoms with Crippen LogP contribution in [0.4, 0.5) is 17.1 Å². The summed E-state index contributed by atoms with van der Waals surface area (Å²) in [5.74, 6) is 0. The molecule has 2 heteroatoms. The van der Waals surface area contributed by atoms with Crippen LogP contribution in [0.1, 0.15) is 77.6 Å². The second-order valence-electron chi connectivity index (χ2n) is 17.9. The lowest BCUT2D eigenvalue weighted by Gasteiger charge is -2.29. The summed E-state index contributed by atoms with van der Waals surface area (Å²) in [4.78, 5) is 2.45. The highest BCUT2D eigenvalue weighted by Gasteiger charge is 2.39. The van der Waals surface area contributed by atoms with Gasteiger partial charge in [0, 0.05) is 38.7 Å². The molecule has 1 aromatic heterocycles. The van der Waals surface area contributed by atoms with Crippen molar-refractivity contribution in [2.75, 3.05) is 4.90 Å². The number of anilines is 3. The van der Waals surface area contributed by atoms with Crippen molar-refractivity contribution < 1.29 is 4.42 Å². The van der Waals surface area contributed by atoms with Crippen molar-refractivity contribution in [2.24, 2.45) is 0 Å². The molecule has 2 nitrogen and oxygen atoms in total. The molecule has 7 aromatic carbocycles. The first-order valence-electron chi connectivity index (χ1n) is 19.6. The molecule has 0 unspecified atom stereocenters. The van der Waals surface area contributed by atoms with Gasteiger partial charge in [-0.2, -0.15) is 0 Å². The van der Waals surface area contributed by atoms with E-state index in [1.807, 2.05) is 0 Å². The maximum absolute atomic E-state index is 6.90. The van der Waals surface area contributed by atoms with Crippen LogP contribution >= 0.6 is 0 Å². The van der Waals surface area contributed by atoms with Crippen molar-refractivity contribution in [3.63, 3.8) is 0 Å². The van der Waals surface area contributed by atoms with Gasteiger partial charge in [-0.25, -0.2) is 0 Å². The standard InChI is InChI=1S/C53H49NO/c1-51(2,3)38-30-42-41-32-43-45(33-48(41)55-50(42)46(31-38)52(4,5)6)53(7,8)44-20-15-21-47(49(43)44)54(39-26-22-36(23-27-39)34-16-11-9-12-17-34)40-28-24-37(25-29-40)35-18-13-10-14-19-35/h9-33H,1-8H3. The highest BCUT2D eigenvalue weighted by atomic mass is 16.3. The SMILES string of the molecule is CC(C)(C)c1cc(C(C)(C)C)c2oc3cc4c(cc3c2c1)-c1c(N(c2ccc(-c3ccccc3)cc2)c2ccc(-c3ccccc3)cc2)cccc1C4(C)C. The van der Waals surface area contributed by atoms with E-state index in [0.29, 0.717) is 0 Å². The number of fused-ring (bicyclic) bond motifs is 6. The molecule has 0 N–H and O–H groups in total. The molecule has 8 aromatic rings. The molecule has 0 fully saturated rings. The highest BCUT2D eigenvalue weighted by molar-refractivity contribution is 6.10. The summed E-state index contributed by atoms with van der Waals surface area (Å²) in [6.45, 7) is 18.5. The average molecular weight is 716 g/mol. The van der Waals surface area contributed by atoms with Gasteiger partial charge in [-0.1, -0.05) is 159 Å². The zero-order valence-electron chi connectivity index (χ0n) is 33.3. The lowest BCUT2D eigenvalue weighted by atomic mass is 9.79. The Morgan fingerprint density at radius 3 is 1.56 bits per heavy atom. The Hall–Kier alpha value is -5.86. The molecule has 9 rings (SSSR count). The minimum atomic E-state index is -0.225. The molecule has 0 bridgehead atoms. The third kappa shape index (κ3) is 5.87. The first-order valence-corrected chi connectivity index (χ1v) is 19.6. The Balaban J connectivity index is 1.27. The summed E-state index contributed by atoms with van der Waals surface area (Å²) in [5.41, 5.74) is 17.7. The largest absolute Gasteiger partial charge is 0.456 e. The fourth-order valence-electron chi connectivity index (χ4n) is 8.61. The van der Waals surface area contributed by atoms with E-state index in [-0.39, 0.29) is 16.2 Å². The number of rotatable bonds is 5. The molecule has 0 saturated heterocycles. The second-order valence-corrected chi connectivity index (χ2v) is 17.9. The molecule has 0 radical (unpaired) electrons. The third-order valence-corrected chi connectivity index (χ3v) is 11.7. The summed E-state index contributed by atoms with van der Waals surface area (Å²) in [7, 11) is 0. The van der Waals surface area contributed by atoms with Gasteiger partial charge in [-0.15, -0.1) is 0 Å². The van der Waals surface area contributed by atoms with Crippen LogP contribution in [0.5, 0.6) is 0 Å². The Bertz CT molecular complexity index is 2620. The van der Waals surface area contributed by atoms with Crippen molar-refractivity contribution >= 4 is 39.0 Å². The number of nitrogens with zero attached hydrogens (tertiary/aromatic N) is 1. The first kappa shape index (κ1) is 34.9. The van der Waals surface area contributed by atoms with Crippen molar-refractivity contribution in [3.8, 4) is 33.4 Å². The fraction of sp³-hybridized carbons (Fsp3) is 0.208. The van der Waals surface area contributed by atoms with Crippen LogP contribution in [0, 0.1) is 0 Å². The number of furan rings is 1. The Morgan fingerprint density at radius 1 is 0.491 bits per heavy atom. The van der Waals surface area contributed by atoms with E-state index in [1.165, 1.54) is 72.1 Å². The van der Waals surface area contributed by atoms with Gasteiger partial charge in [-0.05, 0) is 104 Å². The second kappa shape index (κ2) is 12.6. The molecule has 1 aliphatic rings. The van der Waals surface area contributed by atoms with E-state index in [2.05, 4.69) is 212 Å². The number of benzene rings is 7. The zero-order valence-corrected chi connectivity index (χ0v) is 33.3.